The van der Waals surface area contributed by atoms with Crippen molar-refractivity contribution in [3.63, 3.8) is 0 Å². The van der Waals surface area contributed by atoms with Crippen molar-refractivity contribution in [1.29, 1.82) is 0 Å². The van der Waals surface area contributed by atoms with E-state index in [-0.39, 0.29) is 5.76 Å². The van der Waals surface area contributed by atoms with Crippen LogP contribution in [0.2, 0.25) is 0 Å². The Morgan fingerprint density at radius 3 is 2.27 bits per heavy atom. The lowest BCUT2D eigenvalue weighted by molar-refractivity contribution is -0.0376. The van der Waals surface area contributed by atoms with E-state index in [1.165, 1.54) is 6.92 Å². The van der Waals surface area contributed by atoms with Gasteiger partial charge in [0.15, 0.2) is 6.10 Å². The van der Waals surface area contributed by atoms with E-state index < -0.39 is 24.4 Å². The topological polar surface area (TPSA) is 69.9 Å². The molecule has 1 saturated heterocycles. The Balaban J connectivity index is 2.67. The first-order chi connectivity index (χ1) is 5.04. The Kier molecular flexibility index (Phi) is 2.17. The molecule has 0 aromatic rings. The van der Waals surface area contributed by atoms with E-state index in [1.54, 1.807) is 0 Å². The van der Waals surface area contributed by atoms with Crippen LogP contribution in [0, 0.1) is 0 Å². The molecule has 4 heteroatoms. The van der Waals surface area contributed by atoms with Gasteiger partial charge in [-0.25, -0.2) is 0 Å². The molecule has 0 amide bonds. The molecule has 0 aromatic heterocycles. The standard InChI is InChI=1S/C7H12O4/c1-3(8)7-6(10)5(9)4(2)11-7/h3,5-10H,2H2,1H3. The van der Waals surface area contributed by atoms with Crippen molar-refractivity contribution in [2.24, 2.45) is 0 Å². The summed E-state index contributed by atoms with van der Waals surface area (Å²) in [6.07, 6.45) is -3.70. The third kappa shape index (κ3) is 1.38. The Hall–Kier alpha value is -0.580. The second-order valence-corrected chi connectivity index (χ2v) is 2.72. The summed E-state index contributed by atoms with van der Waals surface area (Å²) >= 11 is 0. The first-order valence-corrected chi connectivity index (χ1v) is 3.43. The summed E-state index contributed by atoms with van der Waals surface area (Å²) in [5, 5.41) is 27.3. The number of ether oxygens (including phenoxy) is 1. The number of hydrogen-bond donors (Lipinski definition) is 3. The third-order valence-corrected chi connectivity index (χ3v) is 1.75. The van der Waals surface area contributed by atoms with E-state index in [0.29, 0.717) is 0 Å². The second kappa shape index (κ2) is 2.81. The number of aliphatic hydroxyl groups excluding tert-OH is 3. The average molecular weight is 160 g/mol. The molecule has 0 aromatic carbocycles. The Labute approximate surface area is 64.7 Å². The zero-order chi connectivity index (χ0) is 8.59. The Morgan fingerprint density at radius 1 is 1.55 bits per heavy atom. The van der Waals surface area contributed by atoms with E-state index in [9.17, 15) is 5.11 Å². The molecular weight excluding hydrogens is 148 g/mol. The van der Waals surface area contributed by atoms with Crippen LogP contribution in [-0.2, 0) is 4.74 Å². The van der Waals surface area contributed by atoms with Crippen molar-refractivity contribution in [3.05, 3.63) is 12.3 Å². The summed E-state index contributed by atoms with van der Waals surface area (Å²) in [6.45, 7) is 4.86. The van der Waals surface area contributed by atoms with Crippen LogP contribution in [0.4, 0.5) is 0 Å². The maximum Gasteiger partial charge on any atom is 0.153 e. The molecule has 1 aliphatic rings. The third-order valence-electron chi connectivity index (χ3n) is 1.75. The molecule has 4 nitrogen and oxygen atoms in total. The minimum Gasteiger partial charge on any atom is -0.487 e. The molecule has 0 aliphatic carbocycles. The molecule has 0 radical (unpaired) electrons. The largest absolute Gasteiger partial charge is 0.487 e. The SMILES string of the molecule is C=C1OC(C(C)O)C(O)C1O. The number of aliphatic hydroxyl groups is 3. The quantitative estimate of drug-likeness (QED) is 0.460. The summed E-state index contributed by atoms with van der Waals surface area (Å²) in [4.78, 5) is 0. The molecule has 3 N–H and O–H groups in total. The lowest BCUT2D eigenvalue weighted by Crippen LogP contribution is -2.36. The van der Waals surface area contributed by atoms with E-state index in [4.69, 9.17) is 14.9 Å². The summed E-state index contributed by atoms with van der Waals surface area (Å²) < 4.78 is 4.90. The fourth-order valence-corrected chi connectivity index (χ4v) is 1.07. The van der Waals surface area contributed by atoms with Gasteiger partial charge in [-0.05, 0) is 6.92 Å². The van der Waals surface area contributed by atoms with Crippen LogP contribution in [0.3, 0.4) is 0 Å². The van der Waals surface area contributed by atoms with Crippen LogP contribution < -0.4 is 0 Å². The van der Waals surface area contributed by atoms with Crippen LogP contribution >= 0.6 is 0 Å². The number of hydrogen-bond acceptors (Lipinski definition) is 4. The first-order valence-electron chi connectivity index (χ1n) is 3.43. The highest BCUT2D eigenvalue weighted by molar-refractivity contribution is 5.06. The molecule has 11 heavy (non-hydrogen) atoms. The van der Waals surface area contributed by atoms with Gasteiger partial charge in [0.2, 0.25) is 0 Å². The van der Waals surface area contributed by atoms with Gasteiger partial charge in [-0.15, -0.1) is 0 Å². The predicted octanol–water partition coefficient (Wildman–Crippen LogP) is -0.999. The van der Waals surface area contributed by atoms with Gasteiger partial charge in [0, 0.05) is 0 Å². The normalized spacial score (nSPS) is 40.4. The first kappa shape index (κ1) is 8.52. The molecular formula is C7H12O4. The van der Waals surface area contributed by atoms with Gasteiger partial charge in [0.25, 0.3) is 0 Å². The van der Waals surface area contributed by atoms with Gasteiger partial charge in [0.05, 0.1) is 6.10 Å². The van der Waals surface area contributed by atoms with E-state index in [2.05, 4.69) is 6.58 Å². The van der Waals surface area contributed by atoms with Gasteiger partial charge in [-0.3, -0.25) is 0 Å². The van der Waals surface area contributed by atoms with Crippen molar-refractivity contribution in [3.8, 4) is 0 Å². The molecule has 64 valence electrons. The van der Waals surface area contributed by atoms with Crippen molar-refractivity contribution < 1.29 is 20.1 Å². The summed E-state index contributed by atoms with van der Waals surface area (Å²) in [7, 11) is 0. The maximum absolute atomic E-state index is 9.20. The Bertz CT molecular complexity index is 166. The smallest absolute Gasteiger partial charge is 0.153 e. The second-order valence-electron chi connectivity index (χ2n) is 2.72. The highest BCUT2D eigenvalue weighted by Crippen LogP contribution is 2.24. The van der Waals surface area contributed by atoms with Gasteiger partial charge >= 0.3 is 0 Å². The van der Waals surface area contributed by atoms with Gasteiger partial charge in [-0.1, -0.05) is 6.58 Å². The lowest BCUT2D eigenvalue weighted by atomic mass is 10.1. The minimum absolute atomic E-state index is 0.114. The molecule has 4 atom stereocenters. The lowest BCUT2D eigenvalue weighted by Gasteiger charge is -2.16. The van der Waals surface area contributed by atoms with E-state index in [1.807, 2.05) is 0 Å². The molecule has 1 heterocycles. The van der Waals surface area contributed by atoms with Gasteiger partial charge in [-0.2, -0.15) is 0 Å². The maximum atomic E-state index is 9.20. The minimum atomic E-state index is -1.07. The zero-order valence-corrected chi connectivity index (χ0v) is 6.27. The summed E-state index contributed by atoms with van der Waals surface area (Å²) in [5.74, 6) is 0.114. The molecule has 0 spiro atoms. The van der Waals surface area contributed by atoms with Crippen LogP contribution in [0.1, 0.15) is 6.92 Å². The molecule has 0 bridgehead atoms. The molecule has 4 unspecified atom stereocenters. The van der Waals surface area contributed by atoms with Gasteiger partial charge in [0.1, 0.15) is 18.0 Å². The highest BCUT2D eigenvalue weighted by Gasteiger charge is 2.40. The summed E-state index contributed by atoms with van der Waals surface area (Å²) in [5.41, 5.74) is 0. The average Bonchev–Trinajstić information content (AvgIpc) is 2.17. The Morgan fingerprint density at radius 2 is 2.09 bits per heavy atom. The van der Waals surface area contributed by atoms with Crippen LogP contribution in [0.15, 0.2) is 12.3 Å². The predicted molar refractivity (Wildman–Crippen MR) is 37.7 cm³/mol. The van der Waals surface area contributed by atoms with Crippen LogP contribution in [0.5, 0.6) is 0 Å². The molecule has 0 saturated carbocycles. The van der Waals surface area contributed by atoms with Crippen LogP contribution in [0.25, 0.3) is 0 Å². The van der Waals surface area contributed by atoms with Crippen molar-refractivity contribution in [2.45, 2.75) is 31.3 Å². The molecule has 1 aliphatic heterocycles. The van der Waals surface area contributed by atoms with Crippen molar-refractivity contribution >= 4 is 0 Å². The fourth-order valence-electron chi connectivity index (χ4n) is 1.07. The van der Waals surface area contributed by atoms with E-state index in [0.717, 1.165) is 0 Å². The monoisotopic (exact) mass is 160 g/mol. The van der Waals surface area contributed by atoms with Crippen LogP contribution in [-0.4, -0.2) is 39.7 Å². The fraction of sp³-hybridized carbons (Fsp3) is 0.714. The van der Waals surface area contributed by atoms with Gasteiger partial charge < -0.3 is 20.1 Å². The van der Waals surface area contributed by atoms with E-state index >= 15 is 0 Å². The highest BCUT2D eigenvalue weighted by atomic mass is 16.5. The van der Waals surface area contributed by atoms with Crippen molar-refractivity contribution in [2.75, 3.05) is 0 Å². The summed E-state index contributed by atoms with van der Waals surface area (Å²) in [6, 6.07) is 0. The zero-order valence-electron chi connectivity index (χ0n) is 6.27. The van der Waals surface area contributed by atoms with Crippen molar-refractivity contribution in [1.82, 2.24) is 0 Å². The molecule has 1 rings (SSSR count). The molecule has 1 fully saturated rings. The number of rotatable bonds is 1.